The molecule has 2 heterocycles. The van der Waals surface area contributed by atoms with Gasteiger partial charge in [-0.3, -0.25) is 9.59 Å². The quantitative estimate of drug-likeness (QED) is 0.754. The van der Waals surface area contributed by atoms with E-state index in [0.29, 0.717) is 6.42 Å². The first-order valence-electron chi connectivity index (χ1n) is 9.04. The molecule has 142 valence electrons. The van der Waals surface area contributed by atoms with Crippen LogP contribution in [0.1, 0.15) is 30.4 Å². The van der Waals surface area contributed by atoms with Crippen LogP contribution in [0.2, 0.25) is 0 Å². The van der Waals surface area contributed by atoms with E-state index in [0.717, 1.165) is 28.2 Å². The summed E-state index contributed by atoms with van der Waals surface area (Å²) in [4.78, 5) is 26.1. The minimum atomic E-state index is -0.0944. The van der Waals surface area contributed by atoms with Gasteiger partial charge in [0.2, 0.25) is 11.8 Å². The number of hydrogen-bond acceptors (Lipinski definition) is 5. The molecule has 0 aliphatic carbocycles. The lowest BCUT2D eigenvalue weighted by molar-refractivity contribution is -0.119. The fraction of sp³-hybridized carbons (Fsp3) is 0.250. The number of nitrogens with zero attached hydrogens (tertiary/aromatic N) is 5. The van der Waals surface area contributed by atoms with Crippen LogP contribution in [0.4, 0.5) is 11.4 Å². The fourth-order valence-corrected chi connectivity index (χ4v) is 3.41. The lowest BCUT2D eigenvalue weighted by atomic mass is 9.91. The second-order valence-electron chi connectivity index (χ2n) is 6.98. The number of hydrogen-bond donors (Lipinski definition) is 1. The molecule has 2 aromatic carbocycles. The molecular formula is C20H20N6O2. The third kappa shape index (κ3) is 3.48. The summed E-state index contributed by atoms with van der Waals surface area (Å²) in [5.74, 6) is 0.152. The Hall–Kier alpha value is -3.55. The number of amides is 2. The molecule has 0 saturated heterocycles. The monoisotopic (exact) mass is 376 g/mol. The molecule has 0 bridgehead atoms. The van der Waals surface area contributed by atoms with Crippen molar-refractivity contribution in [2.45, 2.75) is 25.7 Å². The van der Waals surface area contributed by atoms with Crippen molar-refractivity contribution >= 4 is 23.2 Å². The van der Waals surface area contributed by atoms with Gasteiger partial charge in [-0.25, -0.2) is 4.68 Å². The molecule has 3 aromatic rings. The molecule has 8 nitrogen and oxygen atoms in total. The van der Waals surface area contributed by atoms with Crippen molar-refractivity contribution in [1.82, 2.24) is 20.2 Å². The smallest absolute Gasteiger partial charge is 0.228 e. The molecule has 2 amide bonds. The second-order valence-corrected chi connectivity index (χ2v) is 6.98. The van der Waals surface area contributed by atoms with E-state index in [-0.39, 0.29) is 24.2 Å². The summed E-state index contributed by atoms with van der Waals surface area (Å²) in [6.07, 6.45) is 2.26. The van der Waals surface area contributed by atoms with Crippen LogP contribution in [0.3, 0.4) is 0 Å². The van der Waals surface area contributed by atoms with E-state index in [2.05, 4.69) is 20.8 Å². The Labute approximate surface area is 162 Å². The van der Waals surface area contributed by atoms with Crippen LogP contribution < -0.4 is 10.2 Å². The van der Waals surface area contributed by atoms with Crippen LogP contribution in [-0.2, 0) is 16.0 Å². The molecule has 1 aliphatic rings. The lowest BCUT2D eigenvalue weighted by Crippen LogP contribution is -2.32. The van der Waals surface area contributed by atoms with E-state index in [1.807, 2.05) is 49.4 Å². The summed E-state index contributed by atoms with van der Waals surface area (Å²) in [5.41, 5.74) is 4.44. The summed E-state index contributed by atoms with van der Waals surface area (Å²) in [6.45, 7) is 2.03. The van der Waals surface area contributed by atoms with Gasteiger partial charge in [0.15, 0.2) is 0 Å². The molecule has 0 saturated carbocycles. The highest BCUT2D eigenvalue weighted by Crippen LogP contribution is 2.36. The van der Waals surface area contributed by atoms with Gasteiger partial charge in [-0.2, -0.15) is 0 Å². The van der Waals surface area contributed by atoms with Gasteiger partial charge in [-0.1, -0.05) is 19.1 Å². The molecule has 1 N–H and O–H groups in total. The summed E-state index contributed by atoms with van der Waals surface area (Å²) in [6, 6.07) is 13.2. The number of fused-ring (bicyclic) bond motifs is 1. The van der Waals surface area contributed by atoms with Crippen LogP contribution in [0.25, 0.3) is 5.69 Å². The van der Waals surface area contributed by atoms with Crippen molar-refractivity contribution < 1.29 is 9.59 Å². The number of rotatable bonds is 4. The van der Waals surface area contributed by atoms with E-state index in [9.17, 15) is 9.59 Å². The largest absolute Gasteiger partial charge is 0.326 e. The highest BCUT2D eigenvalue weighted by Gasteiger charge is 2.26. The maximum absolute atomic E-state index is 12.4. The SMILES string of the molecule is CC1CC(=O)N(C)c2ccc(NC(=O)Cc3ccc(-n4cnnn4)cc3)cc21. The van der Waals surface area contributed by atoms with E-state index in [1.165, 1.54) is 6.33 Å². The lowest BCUT2D eigenvalue weighted by Gasteiger charge is -2.30. The number of benzene rings is 2. The van der Waals surface area contributed by atoms with Crippen molar-refractivity contribution in [2.75, 3.05) is 17.3 Å². The molecule has 8 heteroatoms. The zero-order chi connectivity index (χ0) is 19.7. The first kappa shape index (κ1) is 17.8. The molecule has 0 radical (unpaired) electrons. The average molecular weight is 376 g/mol. The van der Waals surface area contributed by atoms with E-state index < -0.39 is 0 Å². The first-order chi connectivity index (χ1) is 13.5. The number of aromatic nitrogens is 4. The van der Waals surface area contributed by atoms with Crippen molar-refractivity contribution in [3.8, 4) is 5.69 Å². The van der Waals surface area contributed by atoms with E-state index in [1.54, 1.807) is 16.6 Å². The van der Waals surface area contributed by atoms with Gasteiger partial charge < -0.3 is 10.2 Å². The van der Waals surface area contributed by atoms with Crippen LogP contribution in [0.15, 0.2) is 48.8 Å². The van der Waals surface area contributed by atoms with Crippen molar-refractivity contribution in [2.24, 2.45) is 0 Å². The zero-order valence-corrected chi connectivity index (χ0v) is 15.7. The number of tetrazole rings is 1. The van der Waals surface area contributed by atoms with Crippen LogP contribution in [0, 0.1) is 0 Å². The highest BCUT2D eigenvalue weighted by atomic mass is 16.2. The van der Waals surface area contributed by atoms with Gasteiger partial charge in [0.05, 0.1) is 12.1 Å². The Morgan fingerprint density at radius 2 is 2.00 bits per heavy atom. The van der Waals surface area contributed by atoms with Gasteiger partial charge in [-0.05, 0) is 57.8 Å². The van der Waals surface area contributed by atoms with E-state index in [4.69, 9.17) is 0 Å². The summed E-state index contributed by atoms with van der Waals surface area (Å²) in [7, 11) is 1.78. The molecular weight excluding hydrogens is 356 g/mol. The predicted molar refractivity (Wildman–Crippen MR) is 104 cm³/mol. The molecule has 1 atom stereocenters. The third-order valence-electron chi connectivity index (χ3n) is 4.97. The maximum atomic E-state index is 12.4. The maximum Gasteiger partial charge on any atom is 0.228 e. The summed E-state index contributed by atoms with van der Waals surface area (Å²) in [5, 5.41) is 14.0. The number of anilines is 2. The Morgan fingerprint density at radius 3 is 2.71 bits per heavy atom. The van der Waals surface area contributed by atoms with Gasteiger partial charge in [-0.15, -0.1) is 5.10 Å². The number of carbonyl (C=O) groups excluding carboxylic acids is 2. The van der Waals surface area contributed by atoms with Crippen LogP contribution >= 0.6 is 0 Å². The Balaban J connectivity index is 1.44. The molecule has 28 heavy (non-hydrogen) atoms. The number of nitrogens with one attached hydrogen (secondary N) is 1. The van der Waals surface area contributed by atoms with E-state index >= 15 is 0 Å². The highest BCUT2D eigenvalue weighted by molar-refractivity contribution is 5.98. The van der Waals surface area contributed by atoms with Gasteiger partial charge in [0, 0.05) is 24.8 Å². The number of carbonyl (C=O) groups is 2. The van der Waals surface area contributed by atoms with Gasteiger partial charge >= 0.3 is 0 Å². The van der Waals surface area contributed by atoms with Crippen molar-refractivity contribution in [3.05, 3.63) is 59.9 Å². The molecule has 0 fully saturated rings. The Morgan fingerprint density at radius 1 is 1.21 bits per heavy atom. The van der Waals surface area contributed by atoms with Gasteiger partial charge in [0.25, 0.3) is 0 Å². The van der Waals surface area contributed by atoms with Crippen molar-refractivity contribution in [1.29, 1.82) is 0 Å². The molecule has 1 aliphatic heterocycles. The molecule has 4 rings (SSSR count). The minimum absolute atomic E-state index is 0.0944. The normalized spacial score (nSPS) is 16.0. The van der Waals surface area contributed by atoms with Crippen LogP contribution in [-0.4, -0.2) is 39.1 Å². The zero-order valence-electron chi connectivity index (χ0n) is 15.7. The summed E-state index contributed by atoms with van der Waals surface area (Å²) >= 11 is 0. The Kier molecular flexibility index (Phi) is 4.60. The second kappa shape index (κ2) is 7.22. The first-order valence-corrected chi connectivity index (χ1v) is 9.04. The minimum Gasteiger partial charge on any atom is -0.326 e. The van der Waals surface area contributed by atoms with Crippen molar-refractivity contribution in [3.63, 3.8) is 0 Å². The van der Waals surface area contributed by atoms with Gasteiger partial charge in [0.1, 0.15) is 6.33 Å². The topological polar surface area (TPSA) is 93.0 Å². The molecule has 1 aromatic heterocycles. The standard InChI is InChI=1S/C20H20N6O2/c1-13-9-20(28)25(2)18-8-5-15(11-17(13)18)22-19(27)10-14-3-6-16(7-4-14)26-12-21-23-24-26/h3-8,11-13H,9-10H2,1-2H3,(H,22,27). The fourth-order valence-electron chi connectivity index (χ4n) is 3.41. The average Bonchev–Trinajstić information content (AvgIpc) is 3.21. The molecule has 0 spiro atoms. The third-order valence-corrected chi connectivity index (χ3v) is 4.97. The Bertz CT molecular complexity index is 1010. The van der Waals surface area contributed by atoms with Crippen LogP contribution in [0.5, 0.6) is 0 Å². The molecule has 1 unspecified atom stereocenters. The summed E-state index contributed by atoms with van der Waals surface area (Å²) < 4.78 is 1.56. The predicted octanol–water partition coefficient (Wildman–Crippen LogP) is 2.31.